The SMILES string of the molecule is COC(=O)CCCNC1CCOc2ccc(Br)cc21. The van der Waals surface area contributed by atoms with Gasteiger partial charge in [0.2, 0.25) is 0 Å². The maximum atomic E-state index is 11.0. The molecule has 1 N–H and O–H groups in total. The predicted octanol–water partition coefficient (Wildman–Crippen LogP) is 2.82. The number of hydrogen-bond acceptors (Lipinski definition) is 4. The molecular weight excluding hydrogens is 310 g/mol. The van der Waals surface area contributed by atoms with E-state index in [1.165, 1.54) is 12.7 Å². The Kier molecular flexibility index (Phi) is 5.22. The molecule has 0 radical (unpaired) electrons. The molecule has 0 saturated carbocycles. The van der Waals surface area contributed by atoms with Crippen molar-refractivity contribution in [3.05, 3.63) is 28.2 Å². The number of halogens is 1. The van der Waals surface area contributed by atoms with E-state index in [2.05, 4.69) is 32.0 Å². The van der Waals surface area contributed by atoms with E-state index in [0.717, 1.165) is 36.2 Å². The number of nitrogens with one attached hydrogen (secondary N) is 1. The summed E-state index contributed by atoms with van der Waals surface area (Å²) in [6, 6.07) is 6.35. The molecule has 0 spiro atoms. The average molecular weight is 328 g/mol. The Morgan fingerprint density at radius 2 is 2.42 bits per heavy atom. The fraction of sp³-hybridized carbons (Fsp3) is 0.500. The average Bonchev–Trinajstić information content (AvgIpc) is 2.43. The minimum Gasteiger partial charge on any atom is -0.493 e. The van der Waals surface area contributed by atoms with E-state index in [0.29, 0.717) is 12.5 Å². The zero-order valence-corrected chi connectivity index (χ0v) is 12.5. The first kappa shape index (κ1) is 14.3. The third-order valence-electron chi connectivity index (χ3n) is 3.19. The van der Waals surface area contributed by atoms with Gasteiger partial charge in [-0.3, -0.25) is 4.79 Å². The van der Waals surface area contributed by atoms with Crippen molar-refractivity contribution in [1.82, 2.24) is 5.32 Å². The predicted molar refractivity (Wildman–Crippen MR) is 76.2 cm³/mol. The van der Waals surface area contributed by atoms with E-state index in [9.17, 15) is 4.79 Å². The lowest BCUT2D eigenvalue weighted by Gasteiger charge is -2.27. The van der Waals surface area contributed by atoms with Crippen LogP contribution in [-0.2, 0) is 9.53 Å². The van der Waals surface area contributed by atoms with Gasteiger partial charge in [-0.15, -0.1) is 0 Å². The molecule has 1 aromatic carbocycles. The molecule has 4 nitrogen and oxygen atoms in total. The molecule has 19 heavy (non-hydrogen) atoms. The molecule has 1 heterocycles. The number of methoxy groups -OCH3 is 1. The summed E-state index contributed by atoms with van der Waals surface area (Å²) in [5.74, 6) is 0.789. The molecule has 0 aliphatic carbocycles. The van der Waals surface area contributed by atoms with Crippen LogP contribution in [0.15, 0.2) is 22.7 Å². The van der Waals surface area contributed by atoms with Gasteiger partial charge >= 0.3 is 5.97 Å². The molecule has 1 aliphatic heterocycles. The lowest BCUT2D eigenvalue weighted by atomic mass is 10.0. The molecule has 0 saturated heterocycles. The summed E-state index contributed by atoms with van der Waals surface area (Å²) in [5, 5.41) is 3.48. The number of fused-ring (bicyclic) bond motifs is 1. The first-order valence-corrected chi connectivity index (χ1v) is 7.22. The van der Waals surface area contributed by atoms with Gasteiger partial charge in [0.1, 0.15) is 5.75 Å². The van der Waals surface area contributed by atoms with Crippen molar-refractivity contribution in [3.8, 4) is 5.75 Å². The lowest BCUT2D eigenvalue weighted by molar-refractivity contribution is -0.140. The first-order chi connectivity index (χ1) is 9.20. The molecule has 0 amide bonds. The van der Waals surface area contributed by atoms with Crippen molar-refractivity contribution in [2.24, 2.45) is 0 Å². The van der Waals surface area contributed by atoms with Crippen LogP contribution in [0.4, 0.5) is 0 Å². The van der Waals surface area contributed by atoms with Crippen LogP contribution in [0.3, 0.4) is 0 Å². The van der Waals surface area contributed by atoms with Crippen LogP contribution in [0.2, 0.25) is 0 Å². The standard InChI is InChI=1S/C14H18BrNO3/c1-18-14(17)3-2-7-16-12-6-8-19-13-5-4-10(15)9-11(12)13/h4-5,9,12,16H,2-3,6-8H2,1H3. The lowest BCUT2D eigenvalue weighted by Crippen LogP contribution is -2.28. The third-order valence-corrected chi connectivity index (χ3v) is 3.68. The van der Waals surface area contributed by atoms with Crippen molar-refractivity contribution < 1.29 is 14.3 Å². The van der Waals surface area contributed by atoms with Gasteiger partial charge in [0.15, 0.2) is 0 Å². The Bertz CT molecular complexity index is 450. The second-order valence-electron chi connectivity index (χ2n) is 4.51. The maximum Gasteiger partial charge on any atom is 0.305 e. The summed E-state index contributed by atoms with van der Waals surface area (Å²) in [4.78, 5) is 11.0. The summed E-state index contributed by atoms with van der Waals surface area (Å²) in [5.41, 5.74) is 1.18. The van der Waals surface area contributed by atoms with Gasteiger partial charge in [-0.2, -0.15) is 0 Å². The Labute approximate surface area is 121 Å². The Morgan fingerprint density at radius 3 is 3.21 bits per heavy atom. The first-order valence-electron chi connectivity index (χ1n) is 6.43. The van der Waals surface area contributed by atoms with E-state index >= 15 is 0 Å². The van der Waals surface area contributed by atoms with Gasteiger partial charge in [-0.05, 0) is 31.2 Å². The molecule has 0 aromatic heterocycles. The van der Waals surface area contributed by atoms with Gasteiger partial charge in [0.05, 0.1) is 13.7 Å². The van der Waals surface area contributed by atoms with Crippen LogP contribution in [0.25, 0.3) is 0 Å². The third kappa shape index (κ3) is 3.94. The Morgan fingerprint density at radius 1 is 1.58 bits per heavy atom. The van der Waals surface area contributed by atoms with Crippen LogP contribution >= 0.6 is 15.9 Å². The molecule has 104 valence electrons. The van der Waals surface area contributed by atoms with Crippen LogP contribution in [0.1, 0.15) is 30.9 Å². The molecule has 1 aromatic rings. The number of carbonyl (C=O) groups excluding carboxylic acids is 1. The van der Waals surface area contributed by atoms with Gasteiger partial charge in [0.25, 0.3) is 0 Å². The minimum atomic E-state index is -0.156. The number of esters is 1. The van der Waals surface area contributed by atoms with E-state index in [-0.39, 0.29) is 5.97 Å². The van der Waals surface area contributed by atoms with Crippen molar-refractivity contribution in [3.63, 3.8) is 0 Å². The summed E-state index contributed by atoms with van der Waals surface area (Å²) in [6.45, 7) is 1.52. The molecule has 5 heteroatoms. The number of ether oxygens (including phenoxy) is 2. The topological polar surface area (TPSA) is 47.6 Å². The van der Waals surface area contributed by atoms with Crippen LogP contribution in [0, 0.1) is 0 Å². The van der Waals surface area contributed by atoms with Crippen molar-refractivity contribution in [2.75, 3.05) is 20.3 Å². The molecule has 1 atom stereocenters. The molecule has 1 aliphatic rings. The zero-order valence-electron chi connectivity index (χ0n) is 10.9. The molecule has 0 bridgehead atoms. The summed E-state index contributed by atoms with van der Waals surface area (Å²) in [6.07, 6.45) is 2.19. The van der Waals surface area contributed by atoms with Gasteiger partial charge in [-0.25, -0.2) is 0 Å². The highest BCUT2D eigenvalue weighted by Gasteiger charge is 2.20. The fourth-order valence-corrected chi connectivity index (χ4v) is 2.57. The maximum absolute atomic E-state index is 11.0. The smallest absolute Gasteiger partial charge is 0.305 e. The fourth-order valence-electron chi connectivity index (χ4n) is 2.19. The van der Waals surface area contributed by atoms with Crippen LogP contribution < -0.4 is 10.1 Å². The van der Waals surface area contributed by atoms with Crippen molar-refractivity contribution in [1.29, 1.82) is 0 Å². The minimum absolute atomic E-state index is 0.156. The van der Waals surface area contributed by atoms with Crippen molar-refractivity contribution >= 4 is 21.9 Å². The highest BCUT2D eigenvalue weighted by molar-refractivity contribution is 9.10. The quantitative estimate of drug-likeness (QED) is 0.667. The molecule has 0 fully saturated rings. The van der Waals surface area contributed by atoms with E-state index in [4.69, 9.17) is 4.74 Å². The summed E-state index contributed by atoms with van der Waals surface area (Å²) < 4.78 is 11.3. The molecule has 2 rings (SSSR count). The highest BCUT2D eigenvalue weighted by Crippen LogP contribution is 2.33. The number of carbonyl (C=O) groups is 1. The van der Waals surface area contributed by atoms with Gasteiger partial charge in [0, 0.05) is 28.9 Å². The van der Waals surface area contributed by atoms with Crippen molar-refractivity contribution in [2.45, 2.75) is 25.3 Å². The van der Waals surface area contributed by atoms with E-state index in [1.54, 1.807) is 0 Å². The Hall–Kier alpha value is -1.07. The number of rotatable bonds is 5. The zero-order chi connectivity index (χ0) is 13.7. The van der Waals surface area contributed by atoms with Gasteiger partial charge < -0.3 is 14.8 Å². The summed E-state index contributed by atoms with van der Waals surface area (Å²) in [7, 11) is 1.42. The van der Waals surface area contributed by atoms with Crippen LogP contribution in [-0.4, -0.2) is 26.2 Å². The second-order valence-corrected chi connectivity index (χ2v) is 5.42. The largest absolute Gasteiger partial charge is 0.493 e. The molecular formula is C14H18BrNO3. The number of benzene rings is 1. The number of hydrogen-bond donors (Lipinski definition) is 1. The van der Waals surface area contributed by atoms with Gasteiger partial charge in [-0.1, -0.05) is 15.9 Å². The molecule has 1 unspecified atom stereocenters. The highest BCUT2D eigenvalue weighted by atomic mass is 79.9. The van der Waals surface area contributed by atoms with E-state index < -0.39 is 0 Å². The van der Waals surface area contributed by atoms with Crippen LogP contribution in [0.5, 0.6) is 5.75 Å². The monoisotopic (exact) mass is 327 g/mol. The second kappa shape index (κ2) is 6.91. The summed E-state index contributed by atoms with van der Waals surface area (Å²) >= 11 is 3.48. The normalized spacial score (nSPS) is 17.5. The Balaban J connectivity index is 1.89. The van der Waals surface area contributed by atoms with E-state index in [1.807, 2.05) is 12.1 Å².